The van der Waals surface area contributed by atoms with Crippen molar-refractivity contribution in [3.05, 3.63) is 54.4 Å². The van der Waals surface area contributed by atoms with E-state index in [1.54, 1.807) is 11.3 Å². The zero-order chi connectivity index (χ0) is 12.8. The standard InChI is InChI=1S/C15H11N3S/c1-10-14(18-9-5-4-8-13(18)16-10)15-17-11-6-2-3-7-12(11)19-15/h2-9H,1H3. The molecule has 4 rings (SSSR count). The van der Waals surface area contributed by atoms with Crippen LogP contribution in [0, 0.1) is 6.92 Å². The van der Waals surface area contributed by atoms with Crippen molar-refractivity contribution in [2.45, 2.75) is 6.92 Å². The molecule has 92 valence electrons. The molecule has 0 amide bonds. The Bertz CT molecular complexity index is 856. The van der Waals surface area contributed by atoms with E-state index in [2.05, 4.69) is 15.5 Å². The molecule has 0 fully saturated rings. The molecule has 3 nitrogen and oxygen atoms in total. The van der Waals surface area contributed by atoms with Gasteiger partial charge in [-0.3, -0.25) is 4.40 Å². The monoisotopic (exact) mass is 265 g/mol. The molecular weight excluding hydrogens is 254 g/mol. The zero-order valence-electron chi connectivity index (χ0n) is 10.4. The van der Waals surface area contributed by atoms with Gasteiger partial charge in [-0.1, -0.05) is 18.2 Å². The van der Waals surface area contributed by atoms with Crippen LogP contribution in [0.1, 0.15) is 5.69 Å². The van der Waals surface area contributed by atoms with Crippen molar-refractivity contribution in [2.24, 2.45) is 0 Å². The number of fused-ring (bicyclic) bond motifs is 2. The quantitative estimate of drug-likeness (QED) is 0.522. The van der Waals surface area contributed by atoms with E-state index in [-0.39, 0.29) is 0 Å². The van der Waals surface area contributed by atoms with Crippen LogP contribution in [0.3, 0.4) is 0 Å². The molecule has 3 heterocycles. The summed E-state index contributed by atoms with van der Waals surface area (Å²) < 4.78 is 3.32. The second kappa shape index (κ2) is 3.90. The van der Waals surface area contributed by atoms with Crippen LogP contribution in [0.2, 0.25) is 0 Å². The first-order valence-corrected chi connectivity index (χ1v) is 6.94. The first-order valence-electron chi connectivity index (χ1n) is 6.12. The molecule has 0 radical (unpaired) electrons. The molecule has 0 saturated carbocycles. The Kier molecular flexibility index (Phi) is 2.19. The van der Waals surface area contributed by atoms with Crippen molar-refractivity contribution in [2.75, 3.05) is 0 Å². The third-order valence-electron chi connectivity index (χ3n) is 3.20. The molecule has 0 aliphatic heterocycles. The lowest BCUT2D eigenvalue weighted by Crippen LogP contribution is -1.87. The summed E-state index contributed by atoms with van der Waals surface area (Å²) in [5, 5.41) is 1.03. The lowest BCUT2D eigenvalue weighted by atomic mass is 10.3. The van der Waals surface area contributed by atoms with E-state index in [9.17, 15) is 0 Å². The van der Waals surface area contributed by atoms with Crippen LogP contribution in [0.4, 0.5) is 0 Å². The van der Waals surface area contributed by atoms with Gasteiger partial charge in [0.15, 0.2) is 0 Å². The number of aryl methyl sites for hydroxylation is 1. The molecule has 4 heteroatoms. The van der Waals surface area contributed by atoms with Gasteiger partial charge in [0.05, 0.1) is 15.9 Å². The summed E-state index contributed by atoms with van der Waals surface area (Å²) in [7, 11) is 0. The van der Waals surface area contributed by atoms with E-state index in [4.69, 9.17) is 4.98 Å². The molecule has 0 spiro atoms. The summed E-state index contributed by atoms with van der Waals surface area (Å²) in [6.45, 7) is 2.04. The molecule has 0 bridgehead atoms. The molecule has 0 saturated heterocycles. The fraction of sp³-hybridized carbons (Fsp3) is 0.0667. The van der Waals surface area contributed by atoms with Gasteiger partial charge in [0.1, 0.15) is 16.3 Å². The summed E-state index contributed by atoms with van der Waals surface area (Å²) >= 11 is 1.71. The lowest BCUT2D eigenvalue weighted by molar-refractivity contribution is 1.18. The number of nitrogens with zero attached hydrogens (tertiary/aromatic N) is 3. The smallest absolute Gasteiger partial charge is 0.143 e. The molecule has 0 aliphatic rings. The van der Waals surface area contributed by atoms with Crippen molar-refractivity contribution in [3.8, 4) is 10.7 Å². The number of pyridine rings is 1. The summed E-state index contributed by atoms with van der Waals surface area (Å²) in [6.07, 6.45) is 2.04. The van der Waals surface area contributed by atoms with Gasteiger partial charge in [-0.15, -0.1) is 11.3 Å². The second-order valence-electron chi connectivity index (χ2n) is 4.46. The van der Waals surface area contributed by atoms with Crippen molar-refractivity contribution < 1.29 is 0 Å². The van der Waals surface area contributed by atoms with Crippen LogP contribution in [0.15, 0.2) is 48.7 Å². The van der Waals surface area contributed by atoms with Gasteiger partial charge < -0.3 is 0 Å². The molecule has 0 unspecified atom stereocenters. The number of aromatic nitrogens is 3. The topological polar surface area (TPSA) is 30.2 Å². The number of rotatable bonds is 1. The highest BCUT2D eigenvalue weighted by Gasteiger charge is 2.14. The lowest BCUT2D eigenvalue weighted by Gasteiger charge is -1.97. The summed E-state index contributed by atoms with van der Waals surface area (Å²) in [6, 6.07) is 14.3. The molecule has 1 aromatic carbocycles. The van der Waals surface area contributed by atoms with Crippen LogP contribution < -0.4 is 0 Å². The van der Waals surface area contributed by atoms with Gasteiger partial charge in [0.2, 0.25) is 0 Å². The Labute approximate surface area is 114 Å². The minimum atomic E-state index is 0.967. The third kappa shape index (κ3) is 1.57. The van der Waals surface area contributed by atoms with Crippen molar-refractivity contribution >= 4 is 27.2 Å². The SMILES string of the molecule is Cc1nc2ccccn2c1-c1nc2ccccc2s1. The summed E-state index contributed by atoms with van der Waals surface area (Å²) in [5.74, 6) is 0. The minimum absolute atomic E-state index is 0.967. The maximum Gasteiger partial charge on any atom is 0.143 e. The van der Waals surface area contributed by atoms with Crippen molar-refractivity contribution in [1.82, 2.24) is 14.4 Å². The van der Waals surface area contributed by atoms with E-state index < -0.39 is 0 Å². The maximum atomic E-state index is 4.72. The molecule has 0 atom stereocenters. The van der Waals surface area contributed by atoms with Crippen LogP contribution in [0.5, 0.6) is 0 Å². The predicted molar refractivity (Wildman–Crippen MR) is 78.5 cm³/mol. The fourth-order valence-corrected chi connectivity index (χ4v) is 3.40. The van der Waals surface area contributed by atoms with Crippen molar-refractivity contribution in [1.29, 1.82) is 0 Å². The molecule has 0 aliphatic carbocycles. The van der Waals surface area contributed by atoms with Gasteiger partial charge in [-0.2, -0.15) is 0 Å². The Hall–Kier alpha value is -2.20. The average Bonchev–Trinajstić information content (AvgIpc) is 2.97. The van der Waals surface area contributed by atoms with Gasteiger partial charge in [0.25, 0.3) is 0 Å². The number of para-hydroxylation sites is 1. The van der Waals surface area contributed by atoms with Crippen LogP contribution in [-0.2, 0) is 0 Å². The Morgan fingerprint density at radius 3 is 2.74 bits per heavy atom. The zero-order valence-corrected chi connectivity index (χ0v) is 11.2. The highest BCUT2D eigenvalue weighted by molar-refractivity contribution is 7.21. The van der Waals surface area contributed by atoms with E-state index in [1.807, 2.05) is 49.5 Å². The van der Waals surface area contributed by atoms with Gasteiger partial charge in [-0.25, -0.2) is 9.97 Å². The first kappa shape index (κ1) is 10.7. The fourth-order valence-electron chi connectivity index (χ4n) is 2.34. The number of hydrogen-bond donors (Lipinski definition) is 0. The van der Waals surface area contributed by atoms with Gasteiger partial charge in [0, 0.05) is 6.20 Å². The predicted octanol–water partition coefficient (Wildman–Crippen LogP) is 3.92. The second-order valence-corrected chi connectivity index (χ2v) is 5.49. The molecule has 4 aromatic rings. The summed E-state index contributed by atoms with van der Waals surface area (Å²) in [4.78, 5) is 9.31. The van der Waals surface area contributed by atoms with Crippen molar-refractivity contribution in [3.63, 3.8) is 0 Å². The summed E-state index contributed by atoms with van der Waals surface area (Å²) in [5.41, 5.74) is 4.13. The van der Waals surface area contributed by atoms with Crippen LogP contribution in [0.25, 0.3) is 26.6 Å². The first-order chi connectivity index (χ1) is 9.33. The number of thiazole rings is 1. The number of benzene rings is 1. The largest absolute Gasteiger partial charge is 0.297 e. The Morgan fingerprint density at radius 1 is 1.00 bits per heavy atom. The molecule has 0 N–H and O–H groups in total. The Balaban J connectivity index is 2.06. The average molecular weight is 265 g/mol. The molecule has 3 aromatic heterocycles. The maximum absolute atomic E-state index is 4.72. The van der Waals surface area contributed by atoms with Gasteiger partial charge in [-0.05, 0) is 31.2 Å². The normalized spacial score (nSPS) is 11.4. The Morgan fingerprint density at radius 2 is 1.84 bits per heavy atom. The highest BCUT2D eigenvalue weighted by Crippen LogP contribution is 2.32. The van der Waals surface area contributed by atoms with E-state index in [0.717, 1.165) is 27.6 Å². The van der Waals surface area contributed by atoms with E-state index in [0.29, 0.717) is 0 Å². The molecule has 19 heavy (non-hydrogen) atoms. The van der Waals surface area contributed by atoms with Crippen LogP contribution >= 0.6 is 11.3 Å². The van der Waals surface area contributed by atoms with Gasteiger partial charge >= 0.3 is 0 Å². The molecular formula is C15H11N3S. The third-order valence-corrected chi connectivity index (χ3v) is 4.24. The minimum Gasteiger partial charge on any atom is -0.297 e. The highest BCUT2D eigenvalue weighted by atomic mass is 32.1. The van der Waals surface area contributed by atoms with E-state index in [1.165, 1.54) is 4.70 Å². The number of imidazole rings is 1. The van der Waals surface area contributed by atoms with E-state index >= 15 is 0 Å². The number of hydrogen-bond acceptors (Lipinski definition) is 3. The van der Waals surface area contributed by atoms with Crippen LogP contribution in [-0.4, -0.2) is 14.4 Å².